The van der Waals surface area contributed by atoms with Crippen LogP contribution in [0.2, 0.25) is 0 Å². The lowest BCUT2D eigenvalue weighted by atomic mass is 9.90. The number of nitrogens with zero attached hydrogens (tertiary/aromatic N) is 1. The average molecular weight is 314 g/mol. The zero-order valence-electron chi connectivity index (χ0n) is 11.4. The zero-order chi connectivity index (χ0) is 12.1. The molecule has 102 valence electrons. The minimum absolute atomic E-state index is 0. The summed E-state index contributed by atoms with van der Waals surface area (Å²) in [6.07, 6.45) is 3.89. The van der Waals surface area contributed by atoms with E-state index in [1.807, 2.05) is 6.07 Å². The Kier molecular flexibility index (Phi) is 6.72. The minimum atomic E-state index is 0. The molecule has 1 aromatic rings. The quantitative estimate of drug-likeness (QED) is 0.837. The van der Waals surface area contributed by atoms with Gasteiger partial charge in [-0.15, -0.1) is 17.0 Å². The van der Waals surface area contributed by atoms with Gasteiger partial charge in [-0.05, 0) is 56.0 Å². The van der Waals surface area contributed by atoms with E-state index in [-0.39, 0.29) is 17.0 Å². The van der Waals surface area contributed by atoms with E-state index in [4.69, 9.17) is 4.74 Å². The summed E-state index contributed by atoms with van der Waals surface area (Å²) in [6, 6.07) is 8.56. The van der Waals surface area contributed by atoms with E-state index in [2.05, 4.69) is 30.0 Å². The molecule has 18 heavy (non-hydrogen) atoms. The Bertz CT molecular complexity index is 354. The number of piperidine rings is 1. The topological polar surface area (TPSA) is 12.5 Å². The molecule has 1 heterocycles. The van der Waals surface area contributed by atoms with Gasteiger partial charge in [-0.3, -0.25) is 0 Å². The monoisotopic (exact) mass is 313 g/mol. The lowest BCUT2D eigenvalue weighted by Gasteiger charge is -2.32. The first-order chi connectivity index (χ1) is 8.33. The van der Waals surface area contributed by atoms with Crippen molar-refractivity contribution in [1.82, 2.24) is 4.90 Å². The first-order valence-electron chi connectivity index (χ1n) is 6.69. The lowest BCUT2D eigenvalue weighted by molar-refractivity contribution is 0.208. The van der Waals surface area contributed by atoms with Crippen LogP contribution < -0.4 is 4.74 Å². The maximum atomic E-state index is 5.31. The number of likely N-dealkylation sites (tertiary alicyclic amines) is 1. The molecule has 1 unspecified atom stereocenters. The van der Waals surface area contributed by atoms with Gasteiger partial charge < -0.3 is 9.64 Å². The Morgan fingerprint density at radius 1 is 1.39 bits per heavy atom. The summed E-state index contributed by atoms with van der Waals surface area (Å²) < 4.78 is 5.31. The van der Waals surface area contributed by atoms with Crippen molar-refractivity contribution < 1.29 is 4.74 Å². The van der Waals surface area contributed by atoms with Crippen LogP contribution in [0.4, 0.5) is 0 Å². The fourth-order valence-electron chi connectivity index (χ4n) is 2.74. The molecule has 0 spiro atoms. The van der Waals surface area contributed by atoms with Crippen molar-refractivity contribution in [3.8, 4) is 5.75 Å². The average Bonchev–Trinajstić information content (AvgIpc) is 2.40. The highest BCUT2D eigenvalue weighted by Gasteiger charge is 2.20. The van der Waals surface area contributed by atoms with Gasteiger partial charge in [0.1, 0.15) is 5.75 Å². The maximum absolute atomic E-state index is 5.31. The van der Waals surface area contributed by atoms with Crippen molar-refractivity contribution in [2.24, 2.45) is 0 Å². The first-order valence-corrected chi connectivity index (χ1v) is 6.69. The minimum Gasteiger partial charge on any atom is -0.497 e. The van der Waals surface area contributed by atoms with Gasteiger partial charge in [0, 0.05) is 6.54 Å². The van der Waals surface area contributed by atoms with E-state index in [0.29, 0.717) is 5.92 Å². The van der Waals surface area contributed by atoms with Crippen LogP contribution in [0, 0.1) is 0 Å². The van der Waals surface area contributed by atoms with E-state index in [0.717, 1.165) is 5.75 Å². The van der Waals surface area contributed by atoms with Crippen molar-refractivity contribution in [2.45, 2.75) is 32.1 Å². The molecule has 0 radical (unpaired) electrons. The second-order valence-corrected chi connectivity index (χ2v) is 4.92. The number of methoxy groups -OCH3 is 1. The molecule has 1 fully saturated rings. The zero-order valence-corrected chi connectivity index (χ0v) is 13.1. The summed E-state index contributed by atoms with van der Waals surface area (Å²) in [7, 11) is 1.74. The van der Waals surface area contributed by atoms with E-state index in [1.165, 1.54) is 44.5 Å². The van der Waals surface area contributed by atoms with Crippen LogP contribution in [0.1, 0.15) is 37.7 Å². The van der Waals surface area contributed by atoms with E-state index in [1.54, 1.807) is 7.11 Å². The van der Waals surface area contributed by atoms with E-state index < -0.39 is 0 Å². The molecule has 1 aliphatic rings. The SMILES string of the molecule is Br.CCCN1CCCC(c2cccc(OC)c2)C1. The van der Waals surface area contributed by atoms with Crippen molar-refractivity contribution in [1.29, 1.82) is 0 Å². The highest BCUT2D eigenvalue weighted by Crippen LogP contribution is 2.28. The van der Waals surface area contributed by atoms with Gasteiger partial charge in [-0.2, -0.15) is 0 Å². The van der Waals surface area contributed by atoms with Gasteiger partial charge in [0.05, 0.1) is 7.11 Å². The van der Waals surface area contributed by atoms with Crippen LogP contribution in [-0.4, -0.2) is 31.6 Å². The molecular formula is C15H24BrNO. The number of ether oxygens (including phenoxy) is 1. The molecule has 1 aromatic carbocycles. The summed E-state index contributed by atoms with van der Waals surface area (Å²) in [6.45, 7) is 5.98. The molecule has 1 atom stereocenters. The predicted octanol–water partition coefficient (Wildman–Crippen LogP) is 3.86. The summed E-state index contributed by atoms with van der Waals surface area (Å²) in [5.41, 5.74) is 1.44. The van der Waals surface area contributed by atoms with Gasteiger partial charge in [-0.1, -0.05) is 19.1 Å². The lowest BCUT2D eigenvalue weighted by Crippen LogP contribution is -2.34. The molecular weight excluding hydrogens is 290 g/mol. The Labute approximate surface area is 121 Å². The Balaban J connectivity index is 0.00000162. The molecule has 3 heteroatoms. The van der Waals surface area contributed by atoms with Crippen molar-refractivity contribution in [3.05, 3.63) is 29.8 Å². The van der Waals surface area contributed by atoms with Crippen LogP contribution in [0.3, 0.4) is 0 Å². The van der Waals surface area contributed by atoms with Crippen LogP contribution >= 0.6 is 17.0 Å². The normalized spacial score (nSPS) is 20.2. The van der Waals surface area contributed by atoms with Crippen molar-refractivity contribution in [3.63, 3.8) is 0 Å². The molecule has 1 saturated heterocycles. The standard InChI is InChI=1S/C15H23NO.BrH/c1-3-9-16-10-5-7-14(12-16)13-6-4-8-15(11-13)17-2;/h4,6,8,11,14H,3,5,7,9-10,12H2,1-2H3;1H. The highest BCUT2D eigenvalue weighted by molar-refractivity contribution is 8.93. The van der Waals surface area contributed by atoms with Gasteiger partial charge in [0.2, 0.25) is 0 Å². The Morgan fingerprint density at radius 2 is 2.22 bits per heavy atom. The van der Waals surface area contributed by atoms with Crippen molar-refractivity contribution in [2.75, 3.05) is 26.7 Å². The van der Waals surface area contributed by atoms with Crippen LogP contribution in [-0.2, 0) is 0 Å². The van der Waals surface area contributed by atoms with Gasteiger partial charge in [-0.25, -0.2) is 0 Å². The van der Waals surface area contributed by atoms with Crippen molar-refractivity contribution >= 4 is 17.0 Å². The first kappa shape index (κ1) is 15.5. The Morgan fingerprint density at radius 3 is 2.94 bits per heavy atom. The molecule has 0 aromatic heterocycles. The Hall–Kier alpha value is -0.540. The van der Waals surface area contributed by atoms with Crippen LogP contribution in [0.5, 0.6) is 5.75 Å². The second-order valence-electron chi connectivity index (χ2n) is 4.92. The van der Waals surface area contributed by atoms with Crippen LogP contribution in [0.25, 0.3) is 0 Å². The number of benzene rings is 1. The smallest absolute Gasteiger partial charge is 0.119 e. The van der Waals surface area contributed by atoms with E-state index >= 15 is 0 Å². The summed E-state index contributed by atoms with van der Waals surface area (Å²) in [4.78, 5) is 2.59. The van der Waals surface area contributed by atoms with Gasteiger partial charge >= 0.3 is 0 Å². The second kappa shape index (κ2) is 7.80. The molecule has 2 nitrogen and oxygen atoms in total. The third kappa shape index (κ3) is 3.99. The molecule has 0 N–H and O–H groups in total. The molecule has 2 rings (SSSR count). The molecule has 0 bridgehead atoms. The molecule has 0 amide bonds. The van der Waals surface area contributed by atoms with Crippen LogP contribution in [0.15, 0.2) is 24.3 Å². The predicted molar refractivity (Wildman–Crippen MR) is 82.0 cm³/mol. The fraction of sp³-hybridized carbons (Fsp3) is 0.600. The maximum Gasteiger partial charge on any atom is 0.119 e. The van der Waals surface area contributed by atoms with Gasteiger partial charge in [0.15, 0.2) is 0 Å². The fourth-order valence-corrected chi connectivity index (χ4v) is 2.74. The molecule has 0 aliphatic carbocycles. The number of halogens is 1. The van der Waals surface area contributed by atoms with E-state index in [9.17, 15) is 0 Å². The third-order valence-electron chi connectivity index (χ3n) is 3.61. The largest absolute Gasteiger partial charge is 0.497 e. The third-order valence-corrected chi connectivity index (χ3v) is 3.61. The number of rotatable bonds is 4. The summed E-state index contributed by atoms with van der Waals surface area (Å²) in [5, 5.41) is 0. The van der Waals surface area contributed by atoms with Gasteiger partial charge in [0.25, 0.3) is 0 Å². The summed E-state index contributed by atoms with van der Waals surface area (Å²) in [5.74, 6) is 1.67. The highest BCUT2D eigenvalue weighted by atomic mass is 79.9. The molecule has 0 saturated carbocycles. The molecule has 1 aliphatic heterocycles. The summed E-state index contributed by atoms with van der Waals surface area (Å²) >= 11 is 0. The number of hydrogen-bond acceptors (Lipinski definition) is 2. The number of hydrogen-bond donors (Lipinski definition) is 0.